The van der Waals surface area contributed by atoms with Crippen molar-refractivity contribution in [1.29, 1.82) is 0 Å². The Hall–Kier alpha value is -9.19. The van der Waals surface area contributed by atoms with Crippen LogP contribution in [-0.4, -0.2) is 23.3 Å². The van der Waals surface area contributed by atoms with Crippen molar-refractivity contribution in [3.63, 3.8) is 0 Å². The molecule has 0 aliphatic heterocycles. The van der Waals surface area contributed by atoms with Crippen LogP contribution in [0.15, 0.2) is 231 Å². The standard InChI is InChI=1S/C65H43N5/c1-3-18-42(19-4-1)54-30-17-31-55(66-54)43-20-15-23-45(40-43)69-56-32-11-7-26-48(56)50-37-39-61-63(64(50)69)53-29-10-14-35-59(53)68(61)46-24-16-25-47(41-46)70-57-33-12-8-27-49(57)51-36-38-60-62(65(51)70)52-28-9-13-34-58(52)67(60)44-21-5-2-6-22-44/h1-9,11-28,30-41H,10,29H2. The highest BCUT2D eigenvalue weighted by Gasteiger charge is 2.26. The lowest BCUT2D eigenvalue weighted by molar-refractivity contribution is 0.966. The maximum atomic E-state index is 5.18. The van der Waals surface area contributed by atoms with Gasteiger partial charge in [-0.15, -0.1) is 0 Å². The molecule has 9 aromatic carbocycles. The molecule has 0 unspecified atom stereocenters. The van der Waals surface area contributed by atoms with Crippen molar-refractivity contribution in [2.24, 2.45) is 0 Å². The molecule has 1 aliphatic rings. The number of fused-ring (bicyclic) bond motifs is 14. The molecule has 328 valence electrons. The second kappa shape index (κ2) is 15.2. The smallest absolute Gasteiger partial charge is 0.0710 e. The van der Waals surface area contributed by atoms with E-state index in [4.69, 9.17) is 4.98 Å². The van der Waals surface area contributed by atoms with Gasteiger partial charge in [0.15, 0.2) is 0 Å². The van der Waals surface area contributed by atoms with Crippen LogP contribution in [0.5, 0.6) is 0 Å². The minimum atomic E-state index is 0.952. The summed E-state index contributed by atoms with van der Waals surface area (Å²) in [6.45, 7) is 0. The van der Waals surface area contributed by atoms with Crippen LogP contribution in [0.3, 0.4) is 0 Å². The Labute approximate surface area is 403 Å². The zero-order valence-corrected chi connectivity index (χ0v) is 38.2. The van der Waals surface area contributed by atoms with E-state index in [0.717, 1.165) is 58.1 Å². The van der Waals surface area contributed by atoms with Crippen LogP contribution in [0.4, 0.5) is 0 Å². The van der Waals surface area contributed by atoms with Crippen LogP contribution in [0.2, 0.25) is 0 Å². The molecule has 5 nitrogen and oxygen atoms in total. The van der Waals surface area contributed by atoms with Gasteiger partial charge in [0.1, 0.15) is 0 Å². The number of para-hydroxylation sites is 4. The maximum Gasteiger partial charge on any atom is 0.0710 e. The van der Waals surface area contributed by atoms with Gasteiger partial charge in [0.05, 0.1) is 50.0 Å². The summed E-state index contributed by atoms with van der Waals surface area (Å²) in [4.78, 5) is 5.18. The molecule has 0 saturated heterocycles. The minimum Gasteiger partial charge on any atom is -0.309 e. The van der Waals surface area contributed by atoms with E-state index in [0.29, 0.717) is 0 Å². The Kier molecular flexibility index (Phi) is 8.42. The first-order valence-corrected chi connectivity index (χ1v) is 24.3. The largest absolute Gasteiger partial charge is 0.309 e. The highest BCUT2D eigenvalue weighted by molar-refractivity contribution is 6.26. The molecular weight excluding hydrogens is 851 g/mol. The van der Waals surface area contributed by atoms with Crippen LogP contribution in [0, 0.1) is 0 Å². The van der Waals surface area contributed by atoms with Gasteiger partial charge in [-0.25, -0.2) is 4.98 Å². The summed E-state index contributed by atoms with van der Waals surface area (Å²) in [7, 11) is 0. The van der Waals surface area contributed by atoms with Gasteiger partial charge < -0.3 is 18.3 Å². The summed E-state index contributed by atoms with van der Waals surface area (Å²) in [5.74, 6) is 0. The van der Waals surface area contributed by atoms with Gasteiger partial charge in [0.2, 0.25) is 0 Å². The molecule has 15 rings (SSSR count). The SMILES string of the molecule is C1=Cc2c(c3c(ccc4c5ccccc5n(-c5cccc(-c6cccc(-c7ccccc7)n6)c5)c43)n2-c2cccc(-n3c4ccccc4c4ccc5c(c6ccccc6n5-c5ccccc5)c43)c2)CC1. The van der Waals surface area contributed by atoms with Gasteiger partial charge in [-0.1, -0.05) is 146 Å². The highest BCUT2D eigenvalue weighted by atomic mass is 15.0. The third-order valence-electron chi connectivity index (χ3n) is 14.8. The zero-order chi connectivity index (χ0) is 45.9. The summed E-state index contributed by atoms with van der Waals surface area (Å²) in [5, 5.41) is 8.79. The second-order valence-corrected chi connectivity index (χ2v) is 18.6. The van der Waals surface area contributed by atoms with Crippen LogP contribution in [0.25, 0.3) is 128 Å². The Morgan fingerprint density at radius 2 is 0.829 bits per heavy atom. The molecule has 1 aliphatic carbocycles. The fraction of sp³-hybridized carbons (Fsp3) is 0.0308. The van der Waals surface area contributed by atoms with E-state index in [2.05, 4.69) is 255 Å². The van der Waals surface area contributed by atoms with E-state index in [1.807, 2.05) is 0 Å². The Balaban J connectivity index is 0.966. The Bertz CT molecular complexity index is 4460. The molecule has 0 spiro atoms. The van der Waals surface area contributed by atoms with Crippen molar-refractivity contribution >= 4 is 82.4 Å². The molecule has 0 N–H and O–H groups in total. The fourth-order valence-electron chi connectivity index (χ4n) is 11.9. The van der Waals surface area contributed by atoms with Gasteiger partial charge >= 0.3 is 0 Å². The Morgan fingerprint density at radius 1 is 0.329 bits per heavy atom. The summed E-state index contributed by atoms with van der Waals surface area (Å²) in [6.07, 6.45) is 6.66. The average molecular weight is 894 g/mol. The summed E-state index contributed by atoms with van der Waals surface area (Å²) in [6, 6.07) is 81.7. The normalized spacial score (nSPS) is 12.7. The van der Waals surface area contributed by atoms with Crippen LogP contribution in [0.1, 0.15) is 17.7 Å². The highest BCUT2D eigenvalue weighted by Crippen LogP contribution is 2.45. The third-order valence-corrected chi connectivity index (χ3v) is 14.8. The molecule has 5 aromatic heterocycles. The van der Waals surface area contributed by atoms with Crippen LogP contribution >= 0.6 is 0 Å². The third kappa shape index (κ3) is 5.63. The number of nitrogens with zero attached hydrogens (tertiary/aromatic N) is 5. The maximum absolute atomic E-state index is 5.18. The quantitative estimate of drug-likeness (QED) is 0.164. The van der Waals surface area contributed by atoms with Gasteiger partial charge in [0.25, 0.3) is 0 Å². The van der Waals surface area contributed by atoms with E-state index in [1.54, 1.807) is 0 Å². The predicted octanol–water partition coefficient (Wildman–Crippen LogP) is 16.6. The van der Waals surface area contributed by atoms with Crippen molar-refractivity contribution in [2.75, 3.05) is 0 Å². The molecule has 14 aromatic rings. The van der Waals surface area contributed by atoms with Crippen molar-refractivity contribution < 1.29 is 0 Å². The van der Waals surface area contributed by atoms with Crippen molar-refractivity contribution in [1.82, 2.24) is 23.3 Å². The first-order valence-electron chi connectivity index (χ1n) is 24.3. The summed E-state index contributed by atoms with van der Waals surface area (Å²) in [5.41, 5.74) is 19.7. The monoisotopic (exact) mass is 893 g/mol. The lowest BCUT2D eigenvalue weighted by atomic mass is 9.99. The number of hydrogen-bond acceptors (Lipinski definition) is 1. The lowest BCUT2D eigenvalue weighted by Gasteiger charge is -2.15. The molecule has 0 saturated carbocycles. The molecule has 5 heteroatoms. The van der Waals surface area contributed by atoms with Crippen molar-refractivity contribution in [2.45, 2.75) is 12.8 Å². The molecule has 0 atom stereocenters. The molecule has 0 fully saturated rings. The predicted molar refractivity (Wildman–Crippen MR) is 292 cm³/mol. The molecule has 0 radical (unpaired) electrons. The van der Waals surface area contributed by atoms with Gasteiger partial charge in [-0.05, 0) is 109 Å². The molecule has 0 bridgehead atoms. The molecule has 70 heavy (non-hydrogen) atoms. The molecule has 5 heterocycles. The zero-order valence-electron chi connectivity index (χ0n) is 38.2. The number of benzene rings is 9. The number of rotatable bonds is 6. The van der Waals surface area contributed by atoms with Gasteiger partial charge in [-0.2, -0.15) is 0 Å². The van der Waals surface area contributed by atoms with Crippen molar-refractivity contribution in [3.8, 4) is 45.3 Å². The second-order valence-electron chi connectivity index (χ2n) is 18.6. The summed E-state index contributed by atoms with van der Waals surface area (Å²) < 4.78 is 9.96. The number of pyridine rings is 1. The Morgan fingerprint density at radius 3 is 1.53 bits per heavy atom. The molecule has 0 amide bonds. The first kappa shape index (κ1) is 38.9. The number of allylic oxidation sites excluding steroid dienone is 1. The number of aryl methyl sites for hydroxylation is 1. The van der Waals surface area contributed by atoms with Gasteiger partial charge in [-0.3, -0.25) is 0 Å². The number of hydrogen-bond donors (Lipinski definition) is 0. The van der Waals surface area contributed by atoms with Crippen molar-refractivity contribution in [3.05, 3.63) is 242 Å². The first-order chi connectivity index (χ1) is 34.8. The van der Waals surface area contributed by atoms with E-state index in [9.17, 15) is 0 Å². The van der Waals surface area contributed by atoms with E-state index in [1.165, 1.54) is 87.6 Å². The van der Waals surface area contributed by atoms with E-state index in [-0.39, 0.29) is 0 Å². The lowest BCUT2D eigenvalue weighted by Crippen LogP contribution is -2.02. The topological polar surface area (TPSA) is 32.6 Å². The molecular formula is C65H43N5. The van der Waals surface area contributed by atoms with Gasteiger partial charge in [0, 0.05) is 77.3 Å². The van der Waals surface area contributed by atoms with E-state index < -0.39 is 0 Å². The van der Waals surface area contributed by atoms with E-state index >= 15 is 0 Å². The minimum absolute atomic E-state index is 0.952. The van der Waals surface area contributed by atoms with Crippen LogP contribution < -0.4 is 0 Å². The summed E-state index contributed by atoms with van der Waals surface area (Å²) >= 11 is 0. The average Bonchev–Trinajstić information content (AvgIpc) is 4.16. The fourth-order valence-corrected chi connectivity index (χ4v) is 11.9. The van der Waals surface area contributed by atoms with Crippen LogP contribution in [-0.2, 0) is 6.42 Å². The number of aromatic nitrogens is 5.